The molecule has 102 valence electrons. The van der Waals surface area contributed by atoms with Crippen LogP contribution in [0.15, 0.2) is 48.5 Å². The molecular weight excluding hydrogens is 270 g/mol. The molecule has 0 bridgehead atoms. The SMILES string of the molecule is CC(O)(Cc1nc2ccccc2s1)c1ccccc1O. The molecular formula is C16H15NO2S. The molecule has 0 saturated carbocycles. The predicted octanol–water partition coefficient (Wildman–Crippen LogP) is 3.45. The molecule has 4 heteroatoms. The van der Waals surface area contributed by atoms with Crippen LogP contribution >= 0.6 is 11.3 Å². The monoisotopic (exact) mass is 285 g/mol. The number of fused-ring (bicyclic) bond motifs is 1. The molecule has 0 aliphatic heterocycles. The first-order valence-corrected chi connectivity index (χ1v) is 7.23. The van der Waals surface area contributed by atoms with E-state index in [1.165, 1.54) is 0 Å². The number of phenolic OH excluding ortho intramolecular Hbond substituents is 1. The second-order valence-corrected chi connectivity index (χ2v) is 6.16. The van der Waals surface area contributed by atoms with Gasteiger partial charge in [-0.2, -0.15) is 0 Å². The van der Waals surface area contributed by atoms with Gasteiger partial charge in [0, 0.05) is 12.0 Å². The van der Waals surface area contributed by atoms with Crippen molar-refractivity contribution in [1.29, 1.82) is 0 Å². The van der Waals surface area contributed by atoms with Crippen molar-refractivity contribution in [1.82, 2.24) is 4.98 Å². The van der Waals surface area contributed by atoms with Crippen molar-refractivity contribution < 1.29 is 10.2 Å². The molecule has 1 unspecified atom stereocenters. The molecule has 3 rings (SSSR count). The summed E-state index contributed by atoms with van der Waals surface area (Å²) in [5.41, 5.74) is 0.332. The fourth-order valence-corrected chi connectivity index (χ4v) is 3.43. The first-order valence-electron chi connectivity index (χ1n) is 6.41. The van der Waals surface area contributed by atoms with E-state index >= 15 is 0 Å². The lowest BCUT2D eigenvalue weighted by atomic mass is 9.92. The first kappa shape index (κ1) is 13.1. The number of nitrogens with zero attached hydrogens (tertiary/aromatic N) is 1. The van der Waals surface area contributed by atoms with Crippen molar-refractivity contribution in [3.63, 3.8) is 0 Å². The highest BCUT2D eigenvalue weighted by atomic mass is 32.1. The number of rotatable bonds is 3. The third kappa shape index (κ3) is 2.40. The van der Waals surface area contributed by atoms with Gasteiger partial charge in [0.2, 0.25) is 0 Å². The summed E-state index contributed by atoms with van der Waals surface area (Å²) >= 11 is 1.57. The van der Waals surface area contributed by atoms with Gasteiger partial charge >= 0.3 is 0 Å². The van der Waals surface area contributed by atoms with Crippen LogP contribution in [-0.2, 0) is 12.0 Å². The zero-order valence-corrected chi connectivity index (χ0v) is 11.9. The minimum Gasteiger partial charge on any atom is -0.508 e. The summed E-state index contributed by atoms with van der Waals surface area (Å²) < 4.78 is 1.11. The van der Waals surface area contributed by atoms with E-state index in [9.17, 15) is 10.2 Å². The van der Waals surface area contributed by atoms with Gasteiger partial charge in [-0.15, -0.1) is 11.3 Å². The summed E-state index contributed by atoms with van der Waals surface area (Å²) in [4.78, 5) is 4.53. The molecule has 0 aliphatic rings. The van der Waals surface area contributed by atoms with Crippen molar-refractivity contribution in [3.8, 4) is 5.75 Å². The van der Waals surface area contributed by atoms with Crippen molar-refractivity contribution in [3.05, 3.63) is 59.1 Å². The third-order valence-corrected chi connectivity index (χ3v) is 4.35. The molecule has 20 heavy (non-hydrogen) atoms. The van der Waals surface area contributed by atoms with Crippen LogP contribution in [-0.4, -0.2) is 15.2 Å². The van der Waals surface area contributed by atoms with Gasteiger partial charge in [-0.05, 0) is 25.1 Å². The summed E-state index contributed by atoms with van der Waals surface area (Å²) in [7, 11) is 0. The fraction of sp³-hybridized carbons (Fsp3) is 0.188. The number of para-hydroxylation sites is 2. The van der Waals surface area contributed by atoms with Gasteiger partial charge in [-0.25, -0.2) is 4.98 Å². The Kier molecular flexibility index (Phi) is 3.20. The molecule has 0 amide bonds. The maximum atomic E-state index is 10.7. The Morgan fingerprint density at radius 2 is 1.80 bits per heavy atom. The minimum atomic E-state index is -1.14. The molecule has 0 fully saturated rings. The Hall–Kier alpha value is -1.91. The maximum absolute atomic E-state index is 10.7. The quantitative estimate of drug-likeness (QED) is 0.775. The van der Waals surface area contributed by atoms with E-state index < -0.39 is 5.60 Å². The van der Waals surface area contributed by atoms with E-state index in [0.717, 1.165) is 15.2 Å². The topological polar surface area (TPSA) is 53.4 Å². The standard InChI is InChI=1S/C16H15NO2S/c1-16(19,11-6-2-4-8-13(11)18)10-15-17-12-7-3-5-9-14(12)20-15/h2-9,18-19H,10H2,1H3. The number of benzene rings is 2. The first-order chi connectivity index (χ1) is 9.56. The molecule has 1 heterocycles. The lowest BCUT2D eigenvalue weighted by Crippen LogP contribution is -2.24. The summed E-state index contributed by atoms with van der Waals surface area (Å²) in [6.45, 7) is 1.70. The van der Waals surface area contributed by atoms with Crippen molar-refractivity contribution in [2.45, 2.75) is 18.9 Å². The van der Waals surface area contributed by atoms with E-state index in [1.54, 1.807) is 36.5 Å². The number of hydrogen-bond acceptors (Lipinski definition) is 4. The van der Waals surface area contributed by atoms with Gasteiger partial charge in [0.05, 0.1) is 20.8 Å². The van der Waals surface area contributed by atoms with Gasteiger partial charge < -0.3 is 10.2 Å². The maximum Gasteiger partial charge on any atom is 0.121 e. The van der Waals surface area contributed by atoms with Crippen LogP contribution in [0.3, 0.4) is 0 Å². The van der Waals surface area contributed by atoms with E-state index in [4.69, 9.17) is 0 Å². The van der Waals surface area contributed by atoms with Gasteiger partial charge in [0.25, 0.3) is 0 Å². The van der Waals surface area contributed by atoms with E-state index in [2.05, 4.69) is 4.98 Å². The molecule has 1 atom stereocenters. The molecule has 0 radical (unpaired) electrons. The van der Waals surface area contributed by atoms with E-state index in [0.29, 0.717) is 12.0 Å². The summed E-state index contributed by atoms with van der Waals surface area (Å²) in [6.07, 6.45) is 0.379. The van der Waals surface area contributed by atoms with Gasteiger partial charge in [-0.1, -0.05) is 30.3 Å². The highest BCUT2D eigenvalue weighted by molar-refractivity contribution is 7.18. The molecule has 2 N–H and O–H groups in total. The van der Waals surface area contributed by atoms with E-state index in [-0.39, 0.29) is 5.75 Å². The predicted molar refractivity (Wildman–Crippen MR) is 81.0 cm³/mol. The van der Waals surface area contributed by atoms with Crippen LogP contribution in [0.2, 0.25) is 0 Å². The Labute approximate surface area is 121 Å². The normalized spacial score (nSPS) is 14.3. The number of aromatic hydroxyl groups is 1. The number of phenols is 1. The number of hydrogen-bond donors (Lipinski definition) is 2. The largest absolute Gasteiger partial charge is 0.508 e. The highest BCUT2D eigenvalue weighted by Crippen LogP contribution is 2.33. The van der Waals surface area contributed by atoms with Crippen LogP contribution < -0.4 is 0 Å². The van der Waals surface area contributed by atoms with Crippen LogP contribution in [0, 0.1) is 0 Å². The molecule has 1 aromatic heterocycles. The lowest BCUT2D eigenvalue weighted by molar-refractivity contribution is 0.0551. The third-order valence-electron chi connectivity index (χ3n) is 3.32. The number of aliphatic hydroxyl groups is 1. The van der Waals surface area contributed by atoms with Gasteiger partial charge in [-0.3, -0.25) is 0 Å². The smallest absolute Gasteiger partial charge is 0.121 e. The molecule has 0 aliphatic carbocycles. The van der Waals surface area contributed by atoms with Crippen molar-refractivity contribution in [2.75, 3.05) is 0 Å². The second-order valence-electron chi connectivity index (χ2n) is 5.04. The molecule has 0 saturated heterocycles. The summed E-state index contributed by atoms with van der Waals surface area (Å²) in [5, 5.41) is 21.4. The Morgan fingerprint density at radius 3 is 2.55 bits per heavy atom. The summed E-state index contributed by atoms with van der Waals surface area (Å²) in [6, 6.07) is 14.8. The summed E-state index contributed by atoms with van der Waals surface area (Å²) in [5.74, 6) is 0.110. The lowest BCUT2D eigenvalue weighted by Gasteiger charge is -2.23. The van der Waals surface area contributed by atoms with Crippen molar-refractivity contribution >= 4 is 21.6 Å². The Morgan fingerprint density at radius 1 is 1.10 bits per heavy atom. The highest BCUT2D eigenvalue weighted by Gasteiger charge is 2.27. The second kappa shape index (κ2) is 4.89. The molecule has 3 aromatic rings. The van der Waals surface area contributed by atoms with Gasteiger partial charge in [0.1, 0.15) is 5.75 Å². The Bertz CT molecular complexity index is 716. The molecule has 0 spiro atoms. The van der Waals surface area contributed by atoms with Crippen molar-refractivity contribution in [2.24, 2.45) is 0 Å². The van der Waals surface area contributed by atoms with Crippen LogP contribution in [0.4, 0.5) is 0 Å². The van der Waals surface area contributed by atoms with E-state index in [1.807, 2.05) is 30.3 Å². The van der Waals surface area contributed by atoms with Crippen LogP contribution in [0.5, 0.6) is 5.75 Å². The molecule has 2 aromatic carbocycles. The Balaban J connectivity index is 1.95. The van der Waals surface area contributed by atoms with Gasteiger partial charge in [0.15, 0.2) is 0 Å². The zero-order valence-electron chi connectivity index (χ0n) is 11.1. The average molecular weight is 285 g/mol. The molecule has 3 nitrogen and oxygen atoms in total. The van der Waals surface area contributed by atoms with Crippen LogP contribution in [0.25, 0.3) is 10.2 Å². The van der Waals surface area contributed by atoms with Crippen LogP contribution in [0.1, 0.15) is 17.5 Å². The minimum absolute atomic E-state index is 0.110. The average Bonchev–Trinajstić information content (AvgIpc) is 2.80. The number of aromatic nitrogens is 1. The fourth-order valence-electron chi connectivity index (χ4n) is 2.31. The zero-order chi connectivity index (χ0) is 14.2. The number of thiazole rings is 1.